The lowest BCUT2D eigenvalue weighted by atomic mass is 10.1. The molecule has 120 valence electrons. The Kier molecular flexibility index (Phi) is 3.54. The summed E-state index contributed by atoms with van der Waals surface area (Å²) in [6.45, 7) is 3.56. The maximum absolute atomic E-state index is 11.7. The minimum Gasteiger partial charge on any atom is -0.380 e. The van der Waals surface area contributed by atoms with E-state index in [0.717, 1.165) is 28.7 Å². The molecule has 0 aliphatic rings. The van der Waals surface area contributed by atoms with Gasteiger partial charge in [0.1, 0.15) is 0 Å². The molecule has 2 heterocycles. The summed E-state index contributed by atoms with van der Waals surface area (Å²) in [4.78, 5) is 16.4. The van der Waals surface area contributed by atoms with Gasteiger partial charge in [-0.2, -0.15) is 0 Å². The molecule has 0 spiro atoms. The number of H-pyrrole nitrogens is 1. The quantitative estimate of drug-likeness (QED) is 0.605. The van der Waals surface area contributed by atoms with Crippen LogP contribution in [0.2, 0.25) is 0 Å². The molecule has 0 radical (unpaired) electrons. The lowest BCUT2D eigenvalue weighted by Crippen LogP contribution is -2.04. The first kappa shape index (κ1) is 14.5. The van der Waals surface area contributed by atoms with E-state index in [-0.39, 0.29) is 5.43 Å². The van der Waals surface area contributed by atoms with E-state index in [4.69, 9.17) is 0 Å². The molecule has 5 nitrogen and oxygen atoms in total. The Morgan fingerprint density at radius 3 is 2.75 bits per heavy atom. The van der Waals surface area contributed by atoms with Gasteiger partial charge < -0.3 is 10.4 Å². The number of hydrogen-bond acceptors (Lipinski definition) is 3. The topological polar surface area (TPSA) is 62.7 Å². The predicted octanol–water partition coefficient (Wildman–Crippen LogP) is 3.51. The molecule has 0 saturated carbocycles. The van der Waals surface area contributed by atoms with Gasteiger partial charge in [0, 0.05) is 30.7 Å². The van der Waals surface area contributed by atoms with Crippen molar-refractivity contribution in [2.45, 2.75) is 20.0 Å². The van der Waals surface area contributed by atoms with Crippen LogP contribution in [-0.4, -0.2) is 14.8 Å². The van der Waals surface area contributed by atoms with Crippen molar-refractivity contribution in [1.82, 2.24) is 14.8 Å². The average Bonchev–Trinajstić information content (AvgIpc) is 3.02. The number of anilines is 1. The van der Waals surface area contributed by atoms with Gasteiger partial charge in [0.2, 0.25) is 0 Å². The maximum atomic E-state index is 11.7. The number of rotatable bonds is 4. The van der Waals surface area contributed by atoms with Crippen LogP contribution in [0.1, 0.15) is 12.5 Å². The zero-order valence-electron chi connectivity index (χ0n) is 13.4. The maximum Gasteiger partial charge on any atom is 0.180 e. The van der Waals surface area contributed by atoms with Crippen LogP contribution in [0.5, 0.6) is 0 Å². The molecule has 24 heavy (non-hydrogen) atoms. The van der Waals surface area contributed by atoms with Crippen LogP contribution < -0.4 is 10.7 Å². The van der Waals surface area contributed by atoms with Crippen LogP contribution in [0, 0.1) is 0 Å². The Hall–Kier alpha value is -3.08. The third-order valence-corrected chi connectivity index (χ3v) is 4.22. The van der Waals surface area contributed by atoms with Gasteiger partial charge in [-0.15, -0.1) is 0 Å². The van der Waals surface area contributed by atoms with E-state index >= 15 is 0 Å². The lowest BCUT2D eigenvalue weighted by Gasteiger charge is -2.11. The number of hydrogen-bond donors (Lipinski definition) is 2. The van der Waals surface area contributed by atoms with Gasteiger partial charge in [0.05, 0.1) is 16.6 Å². The van der Waals surface area contributed by atoms with Crippen molar-refractivity contribution in [3.05, 3.63) is 70.5 Å². The summed E-state index contributed by atoms with van der Waals surface area (Å²) in [6.07, 6.45) is 1.96. The largest absolute Gasteiger partial charge is 0.380 e. The number of nitrogens with zero attached hydrogens (tertiary/aromatic N) is 2. The first-order chi connectivity index (χ1) is 11.8. The van der Waals surface area contributed by atoms with Crippen LogP contribution >= 0.6 is 0 Å². The van der Waals surface area contributed by atoms with Gasteiger partial charge in [-0.05, 0) is 24.6 Å². The highest BCUT2D eigenvalue weighted by Crippen LogP contribution is 2.30. The molecule has 0 amide bonds. The number of fused-ring (bicyclic) bond motifs is 2. The summed E-state index contributed by atoms with van der Waals surface area (Å²) in [5.41, 5.74) is 3.75. The number of aromatic amines is 1. The second-order valence-corrected chi connectivity index (χ2v) is 5.76. The van der Waals surface area contributed by atoms with Crippen LogP contribution in [0.4, 0.5) is 5.69 Å². The van der Waals surface area contributed by atoms with Crippen LogP contribution in [0.15, 0.2) is 59.5 Å². The Morgan fingerprint density at radius 2 is 1.96 bits per heavy atom. The number of pyridine rings is 1. The molecule has 0 saturated heterocycles. The Morgan fingerprint density at radius 1 is 1.12 bits per heavy atom. The normalized spacial score (nSPS) is 11.2. The summed E-state index contributed by atoms with van der Waals surface area (Å²) in [5, 5.41) is 8.74. The second-order valence-electron chi connectivity index (χ2n) is 5.76. The molecule has 2 aromatic carbocycles. The van der Waals surface area contributed by atoms with Crippen LogP contribution in [-0.2, 0) is 13.1 Å². The molecular weight excluding hydrogens is 300 g/mol. The van der Waals surface area contributed by atoms with Crippen molar-refractivity contribution in [3.8, 4) is 0 Å². The van der Waals surface area contributed by atoms with Gasteiger partial charge in [-0.1, -0.05) is 30.3 Å². The van der Waals surface area contributed by atoms with Gasteiger partial charge in [-0.3, -0.25) is 9.48 Å². The fraction of sp³-hybridized carbons (Fsp3) is 0.158. The fourth-order valence-electron chi connectivity index (χ4n) is 3.01. The second kappa shape index (κ2) is 5.85. The number of nitrogens with one attached hydrogen (secondary N) is 2. The van der Waals surface area contributed by atoms with Crippen molar-refractivity contribution in [1.29, 1.82) is 0 Å². The van der Waals surface area contributed by atoms with E-state index in [2.05, 4.69) is 34.5 Å². The van der Waals surface area contributed by atoms with Gasteiger partial charge in [0.15, 0.2) is 11.1 Å². The minimum atomic E-state index is -0.0260. The highest BCUT2D eigenvalue weighted by molar-refractivity contribution is 6.06. The number of aryl methyl sites for hydroxylation is 1. The number of aromatic nitrogens is 3. The summed E-state index contributed by atoms with van der Waals surface area (Å²) < 4.78 is 1.97. The van der Waals surface area contributed by atoms with E-state index in [1.54, 1.807) is 12.1 Å². The Balaban J connectivity index is 1.89. The molecule has 0 aliphatic heterocycles. The van der Waals surface area contributed by atoms with Gasteiger partial charge in [-0.25, -0.2) is 4.98 Å². The predicted molar refractivity (Wildman–Crippen MR) is 97.3 cm³/mol. The van der Waals surface area contributed by atoms with Crippen molar-refractivity contribution in [2.24, 2.45) is 0 Å². The van der Waals surface area contributed by atoms with E-state index in [0.29, 0.717) is 12.1 Å². The molecule has 4 rings (SSSR count). The summed E-state index contributed by atoms with van der Waals surface area (Å²) in [6, 6.07) is 15.3. The third-order valence-electron chi connectivity index (χ3n) is 4.22. The molecule has 0 atom stereocenters. The number of benzene rings is 2. The fourth-order valence-corrected chi connectivity index (χ4v) is 3.01. The molecule has 2 N–H and O–H groups in total. The van der Waals surface area contributed by atoms with E-state index in [1.807, 2.05) is 35.1 Å². The van der Waals surface area contributed by atoms with E-state index in [1.165, 1.54) is 5.56 Å². The third kappa shape index (κ3) is 2.44. The molecule has 5 heteroatoms. The smallest absolute Gasteiger partial charge is 0.180 e. The molecule has 0 fully saturated rings. The first-order valence-corrected chi connectivity index (χ1v) is 8.06. The molecule has 2 aromatic heterocycles. The average molecular weight is 318 g/mol. The van der Waals surface area contributed by atoms with Gasteiger partial charge in [0.25, 0.3) is 0 Å². The van der Waals surface area contributed by atoms with Crippen molar-refractivity contribution >= 4 is 27.6 Å². The zero-order valence-corrected chi connectivity index (χ0v) is 13.4. The molecule has 0 aliphatic carbocycles. The summed E-state index contributed by atoms with van der Waals surface area (Å²) in [7, 11) is 0. The van der Waals surface area contributed by atoms with Crippen molar-refractivity contribution in [2.75, 3.05) is 5.32 Å². The highest BCUT2D eigenvalue weighted by atomic mass is 16.1. The van der Waals surface area contributed by atoms with E-state index in [9.17, 15) is 4.79 Å². The van der Waals surface area contributed by atoms with Crippen molar-refractivity contribution < 1.29 is 0 Å². The SMILES string of the molecule is CCn1[nH]cc2c(NCc3ccccc3)c3ccc(=O)cc3nc21. The molecule has 0 bridgehead atoms. The molecule has 4 aromatic rings. The van der Waals surface area contributed by atoms with Crippen LogP contribution in [0.3, 0.4) is 0 Å². The highest BCUT2D eigenvalue weighted by Gasteiger charge is 2.12. The molecular formula is C19H18N4O. The van der Waals surface area contributed by atoms with Crippen LogP contribution in [0.25, 0.3) is 21.9 Å². The standard InChI is InChI=1S/C19H18N4O/c1-2-23-19-16(12-21-23)18(20-11-13-6-4-3-5-7-13)15-9-8-14(24)10-17(15)22-19/h3-10,12,20-21H,2,11H2,1H3. The van der Waals surface area contributed by atoms with Crippen molar-refractivity contribution in [3.63, 3.8) is 0 Å². The Bertz CT molecular complexity index is 1060. The minimum absolute atomic E-state index is 0.0260. The van der Waals surface area contributed by atoms with Gasteiger partial charge >= 0.3 is 0 Å². The monoisotopic (exact) mass is 318 g/mol. The molecule has 0 unspecified atom stereocenters. The van der Waals surface area contributed by atoms with E-state index < -0.39 is 0 Å². The summed E-state index contributed by atoms with van der Waals surface area (Å²) in [5.74, 6) is 0. The lowest BCUT2D eigenvalue weighted by molar-refractivity contribution is 0.677. The summed E-state index contributed by atoms with van der Waals surface area (Å²) >= 11 is 0. The zero-order chi connectivity index (χ0) is 16.5. The Labute approximate surface area is 138 Å². The first-order valence-electron chi connectivity index (χ1n) is 8.06.